The van der Waals surface area contributed by atoms with Crippen LogP contribution in [0.1, 0.15) is 53.8 Å². The van der Waals surface area contributed by atoms with Crippen LogP contribution in [0.4, 0.5) is 5.13 Å². The molecule has 2 fully saturated rings. The summed E-state index contributed by atoms with van der Waals surface area (Å²) < 4.78 is 24.8. The maximum absolute atomic E-state index is 13.1. The lowest BCUT2D eigenvalue weighted by molar-refractivity contribution is -0.111. The fourth-order valence-electron chi connectivity index (χ4n) is 3.64. The van der Waals surface area contributed by atoms with E-state index in [1.54, 1.807) is 6.07 Å². The van der Waals surface area contributed by atoms with Gasteiger partial charge in [0.1, 0.15) is 4.88 Å². The van der Waals surface area contributed by atoms with Gasteiger partial charge in [-0.1, -0.05) is 30.3 Å². The van der Waals surface area contributed by atoms with Crippen LogP contribution in [0.5, 0.6) is 0 Å². The Morgan fingerprint density at radius 1 is 1.10 bits per heavy atom. The van der Waals surface area contributed by atoms with Gasteiger partial charge in [-0.2, -0.15) is 0 Å². The zero-order valence-electron chi connectivity index (χ0n) is 17.1. The molecule has 0 unspecified atom stereocenters. The number of hydrogen-bond donors (Lipinski definition) is 2. The molecule has 0 aliphatic heterocycles. The van der Waals surface area contributed by atoms with Crippen LogP contribution in [0.25, 0.3) is 5.57 Å². The highest BCUT2D eigenvalue weighted by Crippen LogP contribution is 2.34. The quantitative estimate of drug-likeness (QED) is 0.613. The van der Waals surface area contributed by atoms with Gasteiger partial charge >= 0.3 is 0 Å². The number of nitrogens with zero attached hydrogens (tertiary/aromatic N) is 2. The summed E-state index contributed by atoms with van der Waals surface area (Å²) in [6.45, 7) is 0. The number of allylic oxidation sites excluding steroid dienone is 1. The maximum Gasteiger partial charge on any atom is 0.262 e. The minimum absolute atomic E-state index is 0.0505. The first-order chi connectivity index (χ1) is 14.9. The Bertz CT molecular complexity index is 1110. The van der Waals surface area contributed by atoms with Crippen molar-refractivity contribution >= 4 is 43.7 Å². The number of rotatable bonds is 7. The number of hydrogen-bond acceptors (Lipinski definition) is 7. The number of amides is 2. The van der Waals surface area contributed by atoms with Crippen molar-refractivity contribution < 1.29 is 18.0 Å². The molecule has 0 radical (unpaired) electrons. The summed E-state index contributed by atoms with van der Waals surface area (Å²) in [7, 11) is -1.85. The van der Waals surface area contributed by atoms with Crippen molar-refractivity contribution in [3.05, 3.63) is 41.0 Å². The van der Waals surface area contributed by atoms with E-state index in [0.29, 0.717) is 34.0 Å². The second-order valence-corrected chi connectivity index (χ2v) is 11.0. The van der Waals surface area contributed by atoms with Crippen LogP contribution in [0.3, 0.4) is 0 Å². The molecule has 2 aromatic rings. The van der Waals surface area contributed by atoms with Gasteiger partial charge in [0, 0.05) is 24.4 Å². The molecule has 0 aromatic carbocycles. The zero-order chi connectivity index (χ0) is 22.0. The van der Waals surface area contributed by atoms with Crippen molar-refractivity contribution in [1.82, 2.24) is 15.3 Å². The molecule has 2 heterocycles. The fraction of sp³-hybridized carbons (Fsp3) is 0.429. The van der Waals surface area contributed by atoms with Crippen molar-refractivity contribution in [1.29, 1.82) is 0 Å². The lowest BCUT2D eigenvalue weighted by atomic mass is 9.99. The predicted molar refractivity (Wildman–Crippen MR) is 119 cm³/mol. The molecule has 164 valence electrons. The number of carbonyl (C=O) groups is 2. The highest BCUT2D eigenvalue weighted by molar-refractivity contribution is 7.92. The van der Waals surface area contributed by atoms with Crippen molar-refractivity contribution in [3.8, 4) is 0 Å². The largest absolute Gasteiger partial charge is 0.354 e. The van der Waals surface area contributed by atoms with Gasteiger partial charge in [-0.15, -0.1) is 0 Å². The second-order valence-electron chi connectivity index (χ2n) is 7.82. The van der Waals surface area contributed by atoms with Crippen LogP contribution in [0, 0.1) is 5.92 Å². The monoisotopic (exact) mass is 460 g/mol. The van der Waals surface area contributed by atoms with E-state index in [-0.39, 0.29) is 28.0 Å². The Balaban J connectivity index is 1.59. The van der Waals surface area contributed by atoms with Gasteiger partial charge in [0.2, 0.25) is 0 Å². The highest BCUT2D eigenvalue weighted by Gasteiger charge is 2.37. The molecule has 0 bridgehead atoms. The van der Waals surface area contributed by atoms with Crippen molar-refractivity contribution in [2.45, 2.75) is 48.8 Å². The minimum atomic E-state index is -3.38. The van der Waals surface area contributed by atoms with Gasteiger partial charge in [-0.25, -0.2) is 18.4 Å². The topological polar surface area (TPSA) is 118 Å². The molecule has 2 saturated carbocycles. The molecule has 2 aromatic heterocycles. The molecule has 2 aliphatic carbocycles. The molecule has 0 spiro atoms. The first kappa shape index (κ1) is 21.6. The number of nitrogens with one attached hydrogen (secondary N) is 2. The number of anilines is 1. The second kappa shape index (κ2) is 8.88. The summed E-state index contributed by atoms with van der Waals surface area (Å²) >= 11 is 1.09. The normalized spacial score (nSPS) is 17.5. The molecule has 31 heavy (non-hydrogen) atoms. The molecule has 2 N–H and O–H groups in total. The third kappa shape index (κ3) is 4.85. The van der Waals surface area contributed by atoms with Crippen molar-refractivity contribution in [3.63, 3.8) is 0 Å². The Morgan fingerprint density at radius 3 is 2.45 bits per heavy atom. The van der Waals surface area contributed by atoms with Crippen molar-refractivity contribution in [2.75, 3.05) is 12.4 Å². The van der Waals surface area contributed by atoms with Gasteiger partial charge in [-0.05, 0) is 43.7 Å². The zero-order valence-corrected chi connectivity index (χ0v) is 18.8. The third-order valence-corrected chi connectivity index (χ3v) is 8.61. The van der Waals surface area contributed by atoms with E-state index in [4.69, 9.17) is 0 Å². The fourth-order valence-corrected chi connectivity index (χ4v) is 5.96. The lowest BCUT2D eigenvalue weighted by Gasteiger charge is -2.11. The van der Waals surface area contributed by atoms with E-state index in [2.05, 4.69) is 20.6 Å². The Hall–Kier alpha value is -2.59. The lowest BCUT2D eigenvalue weighted by Crippen LogP contribution is -2.16. The predicted octanol–water partition coefficient (Wildman–Crippen LogP) is 3.05. The van der Waals surface area contributed by atoms with E-state index in [1.807, 2.05) is 6.08 Å². The van der Waals surface area contributed by atoms with E-state index in [1.165, 1.54) is 25.5 Å². The Kier molecular flexibility index (Phi) is 6.19. The van der Waals surface area contributed by atoms with Crippen molar-refractivity contribution in [2.24, 2.45) is 5.92 Å². The molecule has 4 rings (SSSR count). The summed E-state index contributed by atoms with van der Waals surface area (Å²) in [6, 6.07) is 3.12. The molecule has 2 aliphatic rings. The number of aromatic nitrogens is 2. The summed E-state index contributed by atoms with van der Waals surface area (Å²) in [4.78, 5) is 33.5. The van der Waals surface area contributed by atoms with Gasteiger partial charge in [-0.3, -0.25) is 14.9 Å². The highest BCUT2D eigenvalue weighted by atomic mass is 32.2. The molecule has 10 heteroatoms. The first-order valence-corrected chi connectivity index (χ1v) is 12.7. The number of pyridine rings is 1. The molecule has 8 nitrogen and oxygen atoms in total. The van der Waals surface area contributed by atoms with E-state index < -0.39 is 9.84 Å². The summed E-state index contributed by atoms with van der Waals surface area (Å²) in [6.07, 6.45) is 10.4. The van der Waals surface area contributed by atoms with Crippen LogP contribution in [-0.4, -0.2) is 42.5 Å². The van der Waals surface area contributed by atoms with E-state index in [9.17, 15) is 18.0 Å². The van der Waals surface area contributed by atoms with Crippen LogP contribution in [0.2, 0.25) is 0 Å². The third-order valence-electron chi connectivity index (χ3n) is 5.53. The van der Waals surface area contributed by atoms with E-state index >= 15 is 0 Å². The van der Waals surface area contributed by atoms with Gasteiger partial charge in [0.15, 0.2) is 20.0 Å². The maximum atomic E-state index is 13.1. The molecule has 2 amide bonds. The van der Waals surface area contributed by atoms with Crippen LogP contribution >= 0.6 is 11.3 Å². The van der Waals surface area contributed by atoms with E-state index in [0.717, 1.165) is 37.0 Å². The van der Waals surface area contributed by atoms with Crippen LogP contribution < -0.4 is 10.6 Å². The van der Waals surface area contributed by atoms with Gasteiger partial charge < -0.3 is 5.32 Å². The van der Waals surface area contributed by atoms with Gasteiger partial charge in [0.25, 0.3) is 11.8 Å². The summed E-state index contributed by atoms with van der Waals surface area (Å²) in [5.74, 6) is -0.339. The molecular weight excluding hydrogens is 436 g/mol. The number of sulfone groups is 1. The molecular formula is C21H24N4O4S2. The molecule has 0 atom stereocenters. The Morgan fingerprint density at radius 2 is 1.84 bits per heavy atom. The first-order valence-electron chi connectivity index (χ1n) is 10.3. The smallest absolute Gasteiger partial charge is 0.262 e. The van der Waals surface area contributed by atoms with Crippen LogP contribution in [0.15, 0.2) is 35.6 Å². The Labute approximate surface area is 185 Å². The minimum Gasteiger partial charge on any atom is -0.354 e. The van der Waals surface area contributed by atoms with Crippen LogP contribution in [-0.2, 0) is 14.6 Å². The average Bonchev–Trinajstić information content (AvgIpc) is 3.33. The summed E-state index contributed by atoms with van der Waals surface area (Å²) in [5.41, 5.74) is 0.994. The standard InChI is InChI=1S/C21H24N4O4S2/c1-22-20(27)17-12-24-21(30-17)25-19(26)16(10-13-4-2-3-5-13)14-6-9-18(23-11-14)31(28,29)15-7-8-15/h6,9-13,15H,2-5,7-8H2,1H3,(H,22,27)(H,24,25,26). The number of carbonyl (C=O) groups excluding carboxylic acids is 2. The SMILES string of the molecule is CNC(=O)c1cnc(NC(=O)C(=CC2CCCC2)c2ccc(S(=O)(=O)C3CC3)nc2)s1. The molecule has 0 saturated heterocycles. The van der Waals surface area contributed by atoms with Gasteiger partial charge in [0.05, 0.1) is 11.4 Å². The average molecular weight is 461 g/mol. The summed E-state index contributed by atoms with van der Waals surface area (Å²) in [5, 5.41) is 5.33. The number of thiazole rings is 1.